The molecule has 3 aromatic heterocycles. The van der Waals surface area contributed by atoms with Gasteiger partial charge in [0.25, 0.3) is 10.0 Å². The fraction of sp³-hybridized carbons (Fsp3) is 0.167. The SMILES string of the molecule is CCc1ncnc(-c2ccnc(C)c2)c1-c1cnc(C)c(NS(=O)(=O)c2ccc(Cl)cc2)c1. The van der Waals surface area contributed by atoms with E-state index in [2.05, 4.69) is 24.7 Å². The summed E-state index contributed by atoms with van der Waals surface area (Å²) in [5.74, 6) is 0. The van der Waals surface area contributed by atoms with Crippen LogP contribution < -0.4 is 4.72 Å². The molecule has 4 aromatic rings. The summed E-state index contributed by atoms with van der Waals surface area (Å²) in [4.78, 5) is 17.8. The van der Waals surface area contributed by atoms with Gasteiger partial charge in [-0.1, -0.05) is 18.5 Å². The van der Waals surface area contributed by atoms with Gasteiger partial charge in [0, 0.05) is 39.8 Å². The molecule has 4 rings (SSSR count). The number of anilines is 1. The third-order valence-electron chi connectivity index (χ3n) is 5.17. The minimum atomic E-state index is -3.82. The van der Waals surface area contributed by atoms with E-state index in [1.165, 1.54) is 24.3 Å². The number of nitrogens with one attached hydrogen (secondary N) is 1. The minimum absolute atomic E-state index is 0.113. The van der Waals surface area contributed by atoms with Gasteiger partial charge in [-0.2, -0.15) is 0 Å². The van der Waals surface area contributed by atoms with Crippen LogP contribution in [-0.2, 0) is 16.4 Å². The van der Waals surface area contributed by atoms with E-state index < -0.39 is 10.0 Å². The first-order chi connectivity index (χ1) is 15.8. The Morgan fingerprint density at radius 3 is 2.39 bits per heavy atom. The van der Waals surface area contributed by atoms with Gasteiger partial charge in [-0.3, -0.25) is 14.7 Å². The lowest BCUT2D eigenvalue weighted by Crippen LogP contribution is -2.14. The molecule has 0 atom stereocenters. The number of hydrogen-bond acceptors (Lipinski definition) is 6. The Bertz CT molecular complexity index is 1420. The normalized spacial score (nSPS) is 11.4. The van der Waals surface area contributed by atoms with Crippen molar-refractivity contribution in [3.63, 3.8) is 0 Å². The Labute approximate surface area is 198 Å². The number of halogens is 1. The van der Waals surface area contributed by atoms with Crippen LogP contribution in [0.15, 0.2) is 66.1 Å². The molecule has 0 saturated carbocycles. The van der Waals surface area contributed by atoms with Crippen LogP contribution in [0.2, 0.25) is 5.02 Å². The monoisotopic (exact) mass is 479 g/mol. The standard InChI is InChI=1S/C24H22ClN5O2S/c1-4-21-23(24(29-14-28-21)17-9-10-26-15(2)11-17)18-12-22(16(3)27-13-18)30-33(31,32)20-7-5-19(25)6-8-20/h5-14,30H,4H2,1-3H3. The molecule has 0 saturated heterocycles. The van der Waals surface area contributed by atoms with E-state index in [4.69, 9.17) is 11.6 Å². The van der Waals surface area contributed by atoms with Crippen molar-refractivity contribution in [1.82, 2.24) is 19.9 Å². The van der Waals surface area contributed by atoms with Gasteiger partial charge < -0.3 is 0 Å². The van der Waals surface area contributed by atoms with Crippen molar-refractivity contribution in [1.29, 1.82) is 0 Å². The molecule has 0 radical (unpaired) electrons. The maximum Gasteiger partial charge on any atom is 0.261 e. The number of sulfonamides is 1. The smallest absolute Gasteiger partial charge is 0.261 e. The Kier molecular flexibility index (Phi) is 6.40. The lowest BCUT2D eigenvalue weighted by molar-refractivity contribution is 0.601. The maximum absolute atomic E-state index is 12.9. The van der Waals surface area contributed by atoms with Gasteiger partial charge in [0.1, 0.15) is 6.33 Å². The average Bonchev–Trinajstić information content (AvgIpc) is 2.80. The van der Waals surface area contributed by atoms with Gasteiger partial charge in [-0.15, -0.1) is 0 Å². The third kappa shape index (κ3) is 4.86. The predicted octanol–water partition coefficient (Wildman–Crippen LogP) is 5.23. The molecule has 0 unspecified atom stereocenters. The second-order valence-electron chi connectivity index (χ2n) is 7.50. The zero-order chi connectivity index (χ0) is 23.6. The van der Waals surface area contributed by atoms with Crippen molar-refractivity contribution in [3.8, 4) is 22.4 Å². The van der Waals surface area contributed by atoms with Gasteiger partial charge in [0.05, 0.1) is 27.7 Å². The number of hydrogen-bond donors (Lipinski definition) is 1. The Balaban J connectivity index is 1.82. The number of rotatable bonds is 6. The second kappa shape index (κ2) is 9.25. The van der Waals surface area contributed by atoms with E-state index in [9.17, 15) is 8.42 Å². The predicted molar refractivity (Wildman–Crippen MR) is 130 cm³/mol. The molecule has 0 fully saturated rings. The quantitative estimate of drug-likeness (QED) is 0.406. The molecule has 168 valence electrons. The van der Waals surface area contributed by atoms with Gasteiger partial charge in [-0.25, -0.2) is 18.4 Å². The molecule has 33 heavy (non-hydrogen) atoms. The molecule has 0 aliphatic heterocycles. The molecular weight excluding hydrogens is 458 g/mol. The molecule has 9 heteroatoms. The highest BCUT2D eigenvalue weighted by molar-refractivity contribution is 7.92. The number of benzene rings is 1. The topological polar surface area (TPSA) is 97.7 Å². The fourth-order valence-corrected chi connectivity index (χ4v) is 4.73. The van der Waals surface area contributed by atoms with Crippen LogP contribution in [0.3, 0.4) is 0 Å². The minimum Gasteiger partial charge on any atom is -0.278 e. The maximum atomic E-state index is 12.9. The number of nitrogens with zero attached hydrogens (tertiary/aromatic N) is 4. The second-order valence-corrected chi connectivity index (χ2v) is 9.62. The summed E-state index contributed by atoms with van der Waals surface area (Å²) in [6.07, 6.45) is 5.67. The van der Waals surface area contributed by atoms with Crippen LogP contribution in [0.5, 0.6) is 0 Å². The van der Waals surface area contributed by atoms with Gasteiger partial charge in [0.15, 0.2) is 0 Å². The van der Waals surface area contributed by atoms with Crippen molar-refractivity contribution >= 4 is 27.3 Å². The molecule has 7 nitrogen and oxygen atoms in total. The first-order valence-corrected chi connectivity index (χ1v) is 12.2. The van der Waals surface area contributed by atoms with Crippen LogP contribution in [0.4, 0.5) is 5.69 Å². The first-order valence-electron chi connectivity index (χ1n) is 10.3. The lowest BCUT2D eigenvalue weighted by atomic mass is 9.97. The summed E-state index contributed by atoms with van der Waals surface area (Å²) < 4.78 is 28.6. The highest BCUT2D eigenvalue weighted by atomic mass is 35.5. The van der Waals surface area contributed by atoms with Crippen LogP contribution in [0, 0.1) is 13.8 Å². The van der Waals surface area contributed by atoms with E-state index in [0.717, 1.165) is 33.8 Å². The van der Waals surface area contributed by atoms with Crippen molar-refractivity contribution in [2.75, 3.05) is 4.72 Å². The summed E-state index contributed by atoms with van der Waals surface area (Å²) in [6.45, 7) is 5.68. The first kappa shape index (κ1) is 22.8. The largest absolute Gasteiger partial charge is 0.278 e. The molecule has 0 spiro atoms. The molecular formula is C24H22ClN5O2S. The Morgan fingerprint density at radius 2 is 1.70 bits per heavy atom. The summed E-state index contributed by atoms with van der Waals surface area (Å²) >= 11 is 5.90. The zero-order valence-corrected chi connectivity index (χ0v) is 19.9. The van der Waals surface area contributed by atoms with E-state index in [1.807, 2.05) is 26.0 Å². The Hall–Kier alpha value is -3.36. The summed E-state index contributed by atoms with van der Waals surface area (Å²) in [5, 5.41) is 0.462. The zero-order valence-electron chi connectivity index (χ0n) is 18.4. The number of pyridine rings is 2. The van der Waals surface area contributed by atoms with E-state index in [-0.39, 0.29) is 4.90 Å². The average molecular weight is 480 g/mol. The van der Waals surface area contributed by atoms with Crippen LogP contribution in [-0.4, -0.2) is 28.4 Å². The third-order valence-corrected chi connectivity index (χ3v) is 6.81. The Morgan fingerprint density at radius 1 is 0.939 bits per heavy atom. The lowest BCUT2D eigenvalue weighted by Gasteiger charge is -2.16. The molecule has 3 heterocycles. The number of aryl methyl sites for hydroxylation is 3. The van der Waals surface area contributed by atoms with Crippen LogP contribution in [0.1, 0.15) is 24.0 Å². The van der Waals surface area contributed by atoms with Gasteiger partial charge in [0.2, 0.25) is 0 Å². The van der Waals surface area contributed by atoms with Crippen LogP contribution >= 0.6 is 11.6 Å². The van der Waals surface area contributed by atoms with E-state index in [0.29, 0.717) is 22.8 Å². The molecule has 0 amide bonds. The fourth-order valence-electron chi connectivity index (χ4n) is 3.50. The van der Waals surface area contributed by atoms with Crippen molar-refractivity contribution in [2.24, 2.45) is 0 Å². The summed E-state index contributed by atoms with van der Waals surface area (Å²) in [7, 11) is -3.82. The van der Waals surface area contributed by atoms with Gasteiger partial charge >= 0.3 is 0 Å². The molecule has 1 N–H and O–H groups in total. The summed E-state index contributed by atoms with van der Waals surface area (Å²) in [6, 6.07) is 11.6. The molecule has 1 aromatic carbocycles. The molecule has 0 aliphatic carbocycles. The highest BCUT2D eigenvalue weighted by Crippen LogP contribution is 2.34. The van der Waals surface area contributed by atoms with Crippen molar-refractivity contribution < 1.29 is 8.42 Å². The van der Waals surface area contributed by atoms with Crippen molar-refractivity contribution in [3.05, 3.63) is 83.3 Å². The van der Waals surface area contributed by atoms with Crippen LogP contribution in [0.25, 0.3) is 22.4 Å². The van der Waals surface area contributed by atoms with Crippen molar-refractivity contribution in [2.45, 2.75) is 32.1 Å². The van der Waals surface area contributed by atoms with Gasteiger partial charge in [-0.05, 0) is 62.7 Å². The summed E-state index contributed by atoms with van der Waals surface area (Å²) in [5.41, 5.74) is 5.81. The number of aromatic nitrogens is 4. The molecule has 0 aliphatic rings. The highest BCUT2D eigenvalue weighted by Gasteiger charge is 2.19. The van der Waals surface area contributed by atoms with E-state index in [1.54, 1.807) is 31.7 Å². The van der Waals surface area contributed by atoms with E-state index >= 15 is 0 Å². The molecule has 0 bridgehead atoms.